The highest BCUT2D eigenvalue weighted by molar-refractivity contribution is 5.92. The first-order valence-corrected chi connectivity index (χ1v) is 7.49. The normalized spacial score (nSPS) is 19.2. The van der Waals surface area contributed by atoms with Crippen LogP contribution in [0.4, 0.5) is 5.69 Å². The van der Waals surface area contributed by atoms with Gasteiger partial charge >= 0.3 is 0 Å². The molecule has 0 saturated carbocycles. The highest BCUT2D eigenvalue weighted by atomic mass is 15.2. The second kappa shape index (κ2) is 5.41. The predicted molar refractivity (Wildman–Crippen MR) is 85.4 cm³/mol. The summed E-state index contributed by atoms with van der Waals surface area (Å²) in [5.74, 6) is 0. The molecule has 1 aliphatic rings. The van der Waals surface area contributed by atoms with Crippen molar-refractivity contribution in [2.24, 2.45) is 0 Å². The summed E-state index contributed by atoms with van der Waals surface area (Å²) in [6, 6.07) is 11.4. The maximum Gasteiger partial charge on any atom is 0.0726 e. The zero-order valence-corrected chi connectivity index (χ0v) is 12.6. The summed E-state index contributed by atoms with van der Waals surface area (Å²) < 4.78 is 0. The van der Waals surface area contributed by atoms with Crippen molar-refractivity contribution in [1.82, 2.24) is 9.88 Å². The van der Waals surface area contributed by atoms with E-state index in [2.05, 4.69) is 61.2 Å². The number of para-hydroxylation sites is 1. The molecule has 2 aromatic rings. The lowest BCUT2D eigenvalue weighted by molar-refractivity contribution is 0.315. The van der Waals surface area contributed by atoms with Crippen molar-refractivity contribution >= 4 is 16.6 Å². The van der Waals surface area contributed by atoms with Crippen molar-refractivity contribution in [2.75, 3.05) is 32.1 Å². The smallest absolute Gasteiger partial charge is 0.0726 e. The molecule has 20 heavy (non-hydrogen) atoms. The zero-order chi connectivity index (χ0) is 14.1. The second-order valence-corrected chi connectivity index (χ2v) is 5.86. The Hall–Kier alpha value is -1.61. The van der Waals surface area contributed by atoms with Crippen LogP contribution in [-0.2, 0) is 6.42 Å². The van der Waals surface area contributed by atoms with Gasteiger partial charge in [0.2, 0.25) is 0 Å². The third kappa shape index (κ3) is 2.38. The van der Waals surface area contributed by atoms with Gasteiger partial charge in [0.05, 0.1) is 5.52 Å². The van der Waals surface area contributed by atoms with Crippen LogP contribution in [0.25, 0.3) is 10.9 Å². The fourth-order valence-electron chi connectivity index (χ4n) is 3.04. The van der Waals surface area contributed by atoms with Crippen LogP contribution in [-0.4, -0.2) is 43.1 Å². The van der Waals surface area contributed by atoms with Gasteiger partial charge in [-0.1, -0.05) is 25.1 Å². The van der Waals surface area contributed by atoms with E-state index < -0.39 is 0 Å². The molecular formula is C17H23N3. The molecule has 2 heterocycles. The lowest BCUT2D eigenvalue weighted by atomic mass is 10.1. The Kier molecular flexibility index (Phi) is 3.62. The number of aryl methyl sites for hydroxylation is 1. The molecule has 0 amide bonds. The first kappa shape index (κ1) is 13.4. The molecule has 3 nitrogen and oxygen atoms in total. The molecule has 0 radical (unpaired) electrons. The van der Waals surface area contributed by atoms with E-state index in [9.17, 15) is 0 Å². The average molecular weight is 269 g/mol. The minimum atomic E-state index is 0.659. The summed E-state index contributed by atoms with van der Waals surface area (Å²) in [4.78, 5) is 9.60. The number of anilines is 1. The Bertz CT molecular complexity index is 606. The quantitative estimate of drug-likeness (QED) is 0.854. The van der Waals surface area contributed by atoms with Crippen molar-refractivity contribution < 1.29 is 0 Å². The Labute approximate surface area is 121 Å². The molecule has 106 valence electrons. The zero-order valence-electron chi connectivity index (χ0n) is 12.6. The third-order valence-electron chi connectivity index (χ3n) is 4.34. The van der Waals surface area contributed by atoms with Gasteiger partial charge < -0.3 is 9.80 Å². The summed E-state index contributed by atoms with van der Waals surface area (Å²) in [6.07, 6.45) is 2.23. The minimum Gasteiger partial charge on any atom is -0.369 e. The fourth-order valence-corrected chi connectivity index (χ4v) is 3.04. The van der Waals surface area contributed by atoms with Crippen LogP contribution < -0.4 is 4.90 Å². The van der Waals surface area contributed by atoms with Crippen molar-refractivity contribution in [3.63, 3.8) is 0 Å². The topological polar surface area (TPSA) is 19.4 Å². The Morgan fingerprint density at radius 3 is 2.80 bits per heavy atom. The number of aromatic nitrogens is 1. The maximum atomic E-state index is 4.74. The molecule has 1 saturated heterocycles. The van der Waals surface area contributed by atoms with Crippen molar-refractivity contribution in [2.45, 2.75) is 25.8 Å². The molecule has 1 unspecified atom stereocenters. The van der Waals surface area contributed by atoms with E-state index in [0.29, 0.717) is 6.04 Å². The number of pyridine rings is 1. The third-order valence-corrected chi connectivity index (χ3v) is 4.34. The van der Waals surface area contributed by atoms with Crippen LogP contribution in [0.5, 0.6) is 0 Å². The summed E-state index contributed by atoms with van der Waals surface area (Å²) >= 11 is 0. The van der Waals surface area contributed by atoms with Gasteiger partial charge in [0, 0.05) is 35.9 Å². The molecule has 3 rings (SSSR count). The largest absolute Gasteiger partial charge is 0.369 e. The van der Waals surface area contributed by atoms with E-state index in [-0.39, 0.29) is 0 Å². The van der Waals surface area contributed by atoms with E-state index in [0.717, 1.165) is 25.0 Å². The first-order valence-electron chi connectivity index (χ1n) is 7.49. The van der Waals surface area contributed by atoms with Gasteiger partial charge in [0.1, 0.15) is 0 Å². The molecule has 0 aliphatic carbocycles. The molecule has 0 N–H and O–H groups in total. The number of benzene rings is 1. The van der Waals surface area contributed by atoms with E-state index in [1.54, 1.807) is 0 Å². The van der Waals surface area contributed by atoms with Crippen molar-refractivity contribution in [1.29, 1.82) is 0 Å². The molecule has 1 aromatic carbocycles. The summed E-state index contributed by atoms with van der Waals surface area (Å²) in [7, 11) is 4.35. The Morgan fingerprint density at radius 1 is 1.30 bits per heavy atom. The van der Waals surface area contributed by atoms with Gasteiger partial charge in [-0.15, -0.1) is 0 Å². The van der Waals surface area contributed by atoms with Crippen LogP contribution in [0.3, 0.4) is 0 Å². The number of hydrogen-bond acceptors (Lipinski definition) is 3. The molecule has 1 atom stereocenters. The van der Waals surface area contributed by atoms with Gasteiger partial charge in [-0.2, -0.15) is 0 Å². The van der Waals surface area contributed by atoms with Gasteiger partial charge in [-0.25, -0.2) is 0 Å². The number of likely N-dealkylation sites (N-methyl/N-ethyl adjacent to an activating group) is 1. The van der Waals surface area contributed by atoms with E-state index in [1.165, 1.54) is 23.2 Å². The number of nitrogens with zero attached hydrogens (tertiary/aromatic N) is 3. The summed E-state index contributed by atoms with van der Waals surface area (Å²) in [6.45, 7) is 4.43. The van der Waals surface area contributed by atoms with Crippen LogP contribution in [0.2, 0.25) is 0 Å². The molecular weight excluding hydrogens is 246 g/mol. The van der Waals surface area contributed by atoms with E-state index in [1.807, 2.05) is 0 Å². The number of rotatable bonds is 3. The van der Waals surface area contributed by atoms with Crippen LogP contribution in [0, 0.1) is 0 Å². The lowest BCUT2D eigenvalue weighted by Gasteiger charge is -2.23. The number of hydrogen-bond donors (Lipinski definition) is 0. The molecule has 1 fully saturated rings. The Morgan fingerprint density at radius 2 is 2.10 bits per heavy atom. The fraction of sp³-hybridized carbons (Fsp3) is 0.471. The predicted octanol–water partition coefficient (Wildman–Crippen LogP) is 2.94. The molecule has 0 spiro atoms. The van der Waals surface area contributed by atoms with E-state index >= 15 is 0 Å². The molecule has 0 bridgehead atoms. The number of fused-ring (bicyclic) bond motifs is 1. The lowest BCUT2D eigenvalue weighted by Crippen LogP contribution is -2.31. The first-order chi connectivity index (χ1) is 9.69. The van der Waals surface area contributed by atoms with Gasteiger partial charge in [0.25, 0.3) is 0 Å². The second-order valence-electron chi connectivity index (χ2n) is 5.86. The van der Waals surface area contributed by atoms with Crippen molar-refractivity contribution in [3.8, 4) is 0 Å². The highest BCUT2D eigenvalue weighted by Crippen LogP contribution is 2.30. The Balaban J connectivity index is 2.02. The molecule has 1 aliphatic heterocycles. The SMILES string of the molecule is CCc1cc(N2CCC(N(C)C)C2)c2ccccc2n1. The molecule has 1 aromatic heterocycles. The monoisotopic (exact) mass is 269 g/mol. The maximum absolute atomic E-state index is 4.74. The minimum absolute atomic E-state index is 0.659. The highest BCUT2D eigenvalue weighted by Gasteiger charge is 2.25. The van der Waals surface area contributed by atoms with Gasteiger partial charge in [-0.05, 0) is 39.1 Å². The van der Waals surface area contributed by atoms with Crippen LogP contribution >= 0.6 is 0 Å². The average Bonchev–Trinajstić information content (AvgIpc) is 2.96. The summed E-state index contributed by atoms with van der Waals surface area (Å²) in [5, 5.41) is 1.28. The molecule has 3 heteroatoms. The van der Waals surface area contributed by atoms with Crippen LogP contribution in [0.15, 0.2) is 30.3 Å². The van der Waals surface area contributed by atoms with Gasteiger partial charge in [-0.3, -0.25) is 4.98 Å². The van der Waals surface area contributed by atoms with Gasteiger partial charge in [0.15, 0.2) is 0 Å². The van der Waals surface area contributed by atoms with Crippen molar-refractivity contribution in [3.05, 3.63) is 36.0 Å². The van der Waals surface area contributed by atoms with Crippen LogP contribution in [0.1, 0.15) is 19.0 Å². The van der Waals surface area contributed by atoms with E-state index in [4.69, 9.17) is 4.98 Å². The standard InChI is InChI=1S/C17H23N3/c1-4-13-11-17(15-7-5-6-8-16(15)18-13)20-10-9-14(12-20)19(2)3/h5-8,11,14H,4,9-10,12H2,1-3H3. The summed E-state index contributed by atoms with van der Waals surface area (Å²) in [5.41, 5.74) is 3.67.